The first-order valence-electron chi connectivity index (χ1n) is 7.81. The Morgan fingerprint density at radius 1 is 1.36 bits per heavy atom. The maximum absolute atomic E-state index is 12.3. The second-order valence-corrected chi connectivity index (χ2v) is 7.52. The van der Waals surface area contributed by atoms with Gasteiger partial charge in [-0.15, -0.1) is 11.3 Å². The van der Waals surface area contributed by atoms with Crippen molar-refractivity contribution >= 4 is 50.9 Å². The molecule has 3 rings (SSSR count). The van der Waals surface area contributed by atoms with Gasteiger partial charge in [0.15, 0.2) is 0 Å². The average molecular weight is 381 g/mol. The van der Waals surface area contributed by atoms with Crippen LogP contribution < -0.4 is 5.32 Å². The first kappa shape index (κ1) is 17.7. The van der Waals surface area contributed by atoms with Gasteiger partial charge >= 0.3 is 12.0 Å². The van der Waals surface area contributed by atoms with Crippen LogP contribution >= 0.6 is 22.9 Å². The third-order valence-electron chi connectivity index (χ3n) is 4.31. The average Bonchev–Trinajstić information content (AvgIpc) is 3.03. The molecule has 1 fully saturated rings. The minimum Gasteiger partial charge on any atom is -0.459 e. The molecule has 1 aliphatic rings. The minimum absolute atomic E-state index is 0.00566. The van der Waals surface area contributed by atoms with Crippen LogP contribution in [0.3, 0.4) is 0 Å². The summed E-state index contributed by atoms with van der Waals surface area (Å²) in [5.74, 6) is -1.07. The van der Waals surface area contributed by atoms with Crippen LogP contribution in [-0.4, -0.2) is 34.9 Å². The fourth-order valence-electron chi connectivity index (χ4n) is 2.61. The van der Waals surface area contributed by atoms with E-state index in [4.69, 9.17) is 16.3 Å². The molecule has 0 bridgehead atoms. The lowest BCUT2D eigenvalue weighted by Gasteiger charge is -2.18. The van der Waals surface area contributed by atoms with Crippen LogP contribution in [0.4, 0.5) is 4.79 Å². The molecule has 0 saturated carbocycles. The van der Waals surface area contributed by atoms with Crippen molar-refractivity contribution in [2.24, 2.45) is 0 Å². The van der Waals surface area contributed by atoms with E-state index < -0.39 is 30.0 Å². The third kappa shape index (κ3) is 3.21. The van der Waals surface area contributed by atoms with Crippen LogP contribution in [0.2, 0.25) is 5.02 Å². The van der Waals surface area contributed by atoms with Gasteiger partial charge in [0, 0.05) is 10.1 Å². The number of carbonyl (C=O) groups is 3. The van der Waals surface area contributed by atoms with E-state index in [0.29, 0.717) is 11.4 Å². The third-order valence-corrected chi connectivity index (χ3v) is 5.99. The van der Waals surface area contributed by atoms with E-state index >= 15 is 0 Å². The predicted molar refractivity (Wildman–Crippen MR) is 95.6 cm³/mol. The lowest BCUT2D eigenvalue weighted by atomic mass is 9.99. The number of hydrogen-bond acceptors (Lipinski definition) is 5. The summed E-state index contributed by atoms with van der Waals surface area (Å²) in [7, 11) is 0. The van der Waals surface area contributed by atoms with Gasteiger partial charge in [-0.25, -0.2) is 4.79 Å². The van der Waals surface area contributed by atoms with Gasteiger partial charge in [0.25, 0.3) is 5.91 Å². The summed E-state index contributed by atoms with van der Waals surface area (Å²) in [5.41, 5.74) is -0.966. The summed E-state index contributed by atoms with van der Waals surface area (Å²) < 4.78 is 6.22. The first-order chi connectivity index (χ1) is 11.9. The van der Waals surface area contributed by atoms with Gasteiger partial charge in [0.05, 0.1) is 9.90 Å². The number of fused-ring (bicyclic) bond motifs is 1. The minimum atomic E-state index is -0.966. The van der Waals surface area contributed by atoms with Crippen molar-refractivity contribution in [3.8, 4) is 0 Å². The molecule has 1 saturated heterocycles. The second-order valence-electron chi connectivity index (χ2n) is 6.00. The van der Waals surface area contributed by atoms with Crippen molar-refractivity contribution in [2.75, 3.05) is 6.54 Å². The number of nitrogens with zero attached hydrogens (tertiary/aromatic N) is 1. The van der Waals surface area contributed by atoms with Crippen LogP contribution in [0.1, 0.15) is 25.1 Å². The molecule has 25 heavy (non-hydrogen) atoms. The van der Waals surface area contributed by atoms with Crippen molar-refractivity contribution in [1.29, 1.82) is 0 Å². The Morgan fingerprint density at radius 3 is 2.72 bits per heavy atom. The maximum Gasteiger partial charge on any atom is 0.326 e. The molecule has 2 aromatic rings. The number of ether oxygens (including phenoxy) is 1. The molecule has 0 aliphatic carbocycles. The van der Waals surface area contributed by atoms with Crippen molar-refractivity contribution in [1.82, 2.24) is 10.2 Å². The summed E-state index contributed by atoms with van der Waals surface area (Å²) in [6, 6.07) is 7.06. The van der Waals surface area contributed by atoms with Gasteiger partial charge in [0.1, 0.15) is 18.7 Å². The highest BCUT2D eigenvalue weighted by molar-refractivity contribution is 7.19. The maximum atomic E-state index is 12.3. The molecule has 8 heteroatoms. The number of urea groups is 1. The number of rotatable bonds is 5. The smallest absolute Gasteiger partial charge is 0.326 e. The molecule has 132 valence electrons. The molecule has 1 unspecified atom stereocenters. The standard InChI is InChI=1S/C17H17ClN2O4S/c1-3-17(2)15(22)20(16(23)19-17)8-13(21)24-9-12-14(18)10-6-4-5-7-11(10)25-12/h4-7H,3,8-9H2,1-2H3,(H,19,23). The van der Waals surface area contributed by atoms with Crippen molar-refractivity contribution in [3.63, 3.8) is 0 Å². The molecule has 3 amide bonds. The van der Waals surface area contributed by atoms with Crippen LogP contribution in [0.25, 0.3) is 10.1 Å². The Morgan fingerprint density at radius 2 is 2.08 bits per heavy atom. The van der Waals surface area contributed by atoms with Gasteiger partial charge in [0.2, 0.25) is 0 Å². The van der Waals surface area contributed by atoms with Gasteiger partial charge < -0.3 is 10.1 Å². The Bertz CT molecular complexity index is 865. The summed E-state index contributed by atoms with van der Waals surface area (Å²) in [5, 5.41) is 4.06. The van der Waals surface area contributed by atoms with E-state index in [2.05, 4.69) is 5.32 Å². The van der Waals surface area contributed by atoms with Gasteiger partial charge in [-0.1, -0.05) is 36.7 Å². The zero-order valence-corrected chi connectivity index (χ0v) is 15.4. The van der Waals surface area contributed by atoms with Crippen LogP contribution in [0.15, 0.2) is 24.3 Å². The lowest BCUT2D eigenvalue weighted by molar-refractivity contribution is -0.148. The van der Waals surface area contributed by atoms with Gasteiger partial charge in [-0.05, 0) is 19.4 Å². The van der Waals surface area contributed by atoms with E-state index in [-0.39, 0.29) is 6.61 Å². The lowest BCUT2D eigenvalue weighted by Crippen LogP contribution is -2.43. The molecule has 1 aromatic heterocycles. The zero-order valence-electron chi connectivity index (χ0n) is 13.8. The van der Waals surface area contributed by atoms with Crippen LogP contribution in [-0.2, 0) is 20.9 Å². The fourth-order valence-corrected chi connectivity index (χ4v) is 4.01. The molecule has 1 aliphatic heterocycles. The highest BCUT2D eigenvalue weighted by Gasteiger charge is 2.47. The zero-order chi connectivity index (χ0) is 18.2. The molecule has 2 heterocycles. The van der Waals surface area contributed by atoms with Gasteiger partial charge in [-0.3, -0.25) is 14.5 Å². The van der Waals surface area contributed by atoms with Crippen molar-refractivity contribution < 1.29 is 19.1 Å². The van der Waals surface area contributed by atoms with Crippen molar-refractivity contribution in [3.05, 3.63) is 34.2 Å². The number of esters is 1. The molecular weight excluding hydrogens is 364 g/mol. The number of imide groups is 1. The number of nitrogens with one attached hydrogen (secondary N) is 1. The number of halogens is 1. The molecule has 1 aromatic carbocycles. The quantitative estimate of drug-likeness (QED) is 0.637. The number of benzene rings is 1. The largest absolute Gasteiger partial charge is 0.459 e. The van der Waals surface area contributed by atoms with E-state index in [9.17, 15) is 14.4 Å². The second kappa shape index (κ2) is 6.65. The number of thiophene rings is 1. The van der Waals surface area contributed by atoms with E-state index in [1.165, 1.54) is 11.3 Å². The predicted octanol–water partition coefficient (Wildman–Crippen LogP) is 3.32. The Hall–Kier alpha value is -2.12. The number of amides is 3. The normalized spacial score (nSPS) is 20.2. The first-order valence-corrected chi connectivity index (χ1v) is 9.01. The van der Waals surface area contributed by atoms with E-state index in [1.807, 2.05) is 24.3 Å². The topological polar surface area (TPSA) is 75.7 Å². The van der Waals surface area contributed by atoms with E-state index in [1.54, 1.807) is 13.8 Å². The molecule has 0 radical (unpaired) electrons. The van der Waals surface area contributed by atoms with Crippen LogP contribution in [0, 0.1) is 0 Å². The highest BCUT2D eigenvalue weighted by Crippen LogP contribution is 2.35. The molecular formula is C17H17ClN2O4S. The Labute approximate surface area is 153 Å². The van der Waals surface area contributed by atoms with Crippen LogP contribution in [0.5, 0.6) is 0 Å². The Balaban J connectivity index is 1.64. The molecule has 0 spiro atoms. The highest BCUT2D eigenvalue weighted by atomic mass is 35.5. The fraction of sp³-hybridized carbons (Fsp3) is 0.353. The molecule has 1 atom stereocenters. The SMILES string of the molecule is CCC1(C)NC(=O)N(CC(=O)OCc2sc3ccccc3c2Cl)C1=O. The van der Waals surface area contributed by atoms with Gasteiger partial charge in [-0.2, -0.15) is 0 Å². The summed E-state index contributed by atoms with van der Waals surface area (Å²) in [6.45, 7) is 3.02. The summed E-state index contributed by atoms with van der Waals surface area (Å²) in [4.78, 5) is 37.8. The summed E-state index contributed by atoms with van der Waals surface area (Å²) >= 11 is 7.75. The monoisotopic (exact) mass is 380 g/mol. The Kier molecular flexibility index (Phi) is 4.71. The number of hydrogen-bond donors (Lipinski definition) is 1. The summed E-state index contributed by atoms with van der Waals surface area (Å²) in [6.07, 6.45) is 0.445. The van der Waals surface area contributed by atoms with Crippen molar-refractivity contribution in [2.45, 2.75) is 32.4 Å². The number of carbonyl (C=O) groups excluding carboxylic acids is 3. The molecule has 6 nitrogen and oxygen atoms in total. The molecule has 1 N–H and O–H groups in total. The van der Waals surface area contributed by atoms with E-state index in [0.717, 1.165) is 19.9 Å².